The van der Waals surface area contributed by atoms with Crippen molar-refractivity contribution in [2.45, 2.75) is 65.6 Å². The van der Waals surface area contributed by atoms with Crippen molar-refractivity contribution in [1.82, 2.24) is 4.98 Å². The summed E-state index contributed by atoms with van der Waals surface area (Å²) in [6, 6.07) is 10.7. The maximum atomic E-state index is 15.3. The second kappa shape index (κ2) is 12.3. The van der Waals surface area contributed by atoms with Crippen LogP contribution < -0.4 is 9.64 Å². The second-order valence-corrected chi connectivity index (χ2v) is 12.6. The Hall–Kier alpha value is -3.23. The van der Waals surface area contributed by atoms with E-state index in [1.54, 1.807) is 51.2 Å². The largest absolute Gasteiger partial charge is 0.490 e. The second-order valence-electron chi connectivity index (χ2n) is 12.2. The Labute approximate surface area is 245 Å². The number of carboxylic acid groups (broad SMARTS) is 1. The average Bonchev–Trinajstić information content (AvgIpc) is 2.89. The summed E-state index contributed by atoms with van der Waals surface area (Å²) in [6.45, 7) is 11.3. The van der Waals surface area contributed by atoms with Gasteiger partial charge in [0.25, 0.3) is 0 Å². The van der Waals surface area contributed by atoms with Crippen molar-refractivity contribution in [3.8, 4) is 16.9 Å². The van der Waals surface area contributed by atoms with Gasteiger partial charge in [0.05, 0.1) is 23.5 Å². The van der Waals surface area contributed by atoms with Gasteiger partial charge in [0, 0.05) is 31.3 Å². The molecule has 1 atom stereocenters. The van der Waals surface area contributed by atoms with Crippen LogP contribution in [-0.2, 0) is 16.0 Å². The van der Waals surface area contributed by atoms with Crippen molar-refractivity contribution < 1.29 is 28.2 Å². The average molecular weight is 587 g/mol. The Morgan fingerprint density at radius 1 is 1.12 bits per heavy atom. The van der Waals surface area contributed by atoms with Crippen LogP contribution >= 0.6 is 11.6 Å². The molecule has 0 aliphatic carbocycles. The van der Waals surface area contributed by atoms with Gasteiger partial charge in [0.2, 0.25) is 0 Å². The molecule has 1 saturated heterocycles. The molecule has 1 fully saturated rings. The van der Waals surface area contributed by atoms with Crippen molar-refractivity contribution in [1.29, 1.82) is 0 Å². The molecule has 0 saturated carbocycles. The predicted octanol–water partition coefficient (Wildman–Crippen LogP) is 7.87. The Balaban J connectivity index is 1.71. The van der Waals surface area contributed by atoms with Crippen LogP contribution in [0, 0.1) is 17.0 Å². The first-order chi connectivity index (χ1) is 19.2. The van der Waals surface area contributed by atoms with E-state index in [9.17, 15) is 14.3 Å². The highest BCUT2D eigenvalue weighted by molar-refractivity contribution is 6.31. The number of rotatable bonds is 9. The molecule has 2 aromatic carbocycles. The molecule has 1 aromatic heterocycles. The van der Waals surface area contributed by atoms with Gasteiger partial charge < -0.3 is 19.5 Å². The highest BCUT2D eigenvalue weighted by Crippen LogP contribution is 2.45. The van der Waals surface area contributed by atoms with Gasteiger partial charge in [0.15, 0.2) is 17.7 Å². The van der Waals surface area contributed by atoms with E-state index in [1.807, 2.05) is 0 Å². The normalized spacial score (nSPS) is 16.0. The van der Waals surface area contributed by atoms with Crippen LogP contribution in [-0.4, -0.2) is 41.4 Å². The van der Waals surface area contributed by atoms with Gasteiger partial charge >= 0.3 is 5.97 Å². The molecule has 1 aliphatic heterocycles. The van der Waals surface area contributed by atoms with E-state index >= 15 is 4.39 Å². The Kier molecular flexibility index (Phi) is 9.24. The van der Waals surface area contributed by atoms with E-state index in [1.165, 1.54) is 18.2 Å². The minimum atomic E-state index is -1.38. The van der Waals surface area contributed by atoms with Gasteiger partial charge in [-0.3, -0.25) is 0 Å². The molecular weight excluding hydrogens is 550 g/mol. The lowest BCUT2D eigenvalue weighted by Crippen LogP contribution is -2.39. The topological polar surface area (TPSA) is 71.9 Å². The highest BCUT2D eigenvalue weighted by atomic mass is 35.5. The van der Waals surface area contributed by atoms with Crippen LogP contribution in [0.15, 0.2) is 48.7 Å². The van der Waals surface area contributed by atoms with E-state index < -0.39 is 23.5 Å². The van der Waals surface area contributed by atoms with Gasteiger partial charge in [-0.25, -0.2) is 18.6 Å². The Morgan fingerprint density at radius 2 is 1.78 bits per heavy atom. The van der Waals surface area contributed by atoms with Crippen LogP contribution in [0.4, 0.5) is 14.5 Å². The number of pyridine rings is 1. The minimum Gasteiger partial charge on any atom is -0.490 e. The fraction of sp³-hybridized carbons (Fsp3) is 0.438. The van der Waals surface area contributed by atoms with Gasteiger partial charge in [-0.2, -0.15) is 0 Å². The third-order valence-corrected chi connectivity index (χ3v) is 7.54. The number of nitrogens with zero attached hydrogens (tertiary/aromatic N) is 2. The number of hydrogen-bond acceptors (Lipinski definition) is 5. The monoisotopic (exact) mass is 586 g/mol. The Morgan fingerprint density at radius 3 is 2.37 bits per heavy atom. The fourth-order valence-corrected chi connectivity index (χ4v) is 5.15. The summed E-state index contributed by atoms with van der Waals surface area (Å²) in [6.07, 6.45) is 2.45. The molecule has 2 heterocycles. The van der Waals surface area contributed by atoms with E-state index in [4.69, 9.17) is 21.1 Å². The minimum absolute atomic E-state index is 0.0338. The van der Waals surface area contributed by atoms with Gasteiger partial charge in [-0.15, -0.1) is 0 Å². The summed E-state index contributed by atoms with van der Waals surface area (Å²) >= 11 is 6.61. The first-order valence-electron chi connectivity index (χ1n) is 13.8. The van der Waals surface area contributed by atoms with Crippen LogP contribution in [0.1, 0.15) is 64.7 Å². The SMILES string of the molecule is CC1(C)CCN(c2c(-c3ccc(OCCc4ccc(F)cc4)c(F)c3)cnc(Cl)c2C(OC(C)(C)C)C(=O)O)CC1. The zero-order valence-electron chi connectivity index (χ0n) is 24.1. The fourth-order valence-electron chi connectivity index (χ4n) is 4.92. The molecule has 0 bridgehead atoms. The molecule has 4 rings (SSSR count). The number of benzene rings is 2. The molecule has 3 aromatic rings. The molecule has 1 N–H and O–H groups in total. The number of hydrogen-bond donors (Lipinski definition) is 1. The number of halogens is 3. The number of anilines is 1. The van der Waals surface area contributed by atoms with Crippen LogP contribution in [0.3, 0.4) is 0 Å². The van der Waals surface area contributed by atoms with Crippen molar-refractivity contribution >= 4 is 23.3 Å². The maximum absolute atomic E-state index is 15.3. The Bertz CT molecular complexity index is 1380. The lowest BCUT2D eigenvalue weighted by molar-refractivity contribution is -0.160. The number of ether oxygens (including phenoxy) is 2. The lowest BCUT2D eigenvalue weighted by Gasteiger charge is -2.40. The first kappa shape index (κ1) is 30.7. The van der Waals surface area contributed by atoms with Crippen molar-refractivity contribution in [2.24, 2.45) is 5.41 Å². The summed E-state index contributed by atoms with van der Waals surface area (Å²) in [5.74, 6) is -1.98. The van der Waals surface area contributed by atoms with Gasteiger partial charge in [-0.05, 0) is 74.4 Å². The predicted molar refractivity (Wildman–Crippen MR) is 157 cm³/mol. The molecular formula is C32H37ClF2N2O4. The van der Waals surface area contributed by atoms with E-state index in [-0.39, 0.29) is 34.3 Å². The van der Waals surface area contributed by atoms with Gasteiger partial charge in [-0.1, -0.05) is 43.6 Å². The molecule has 6 nitrogen and oxygen atoms in total. The summed E-state index contributed by atoms with van der Waals surface area (Å²) in [7, 11) is 0. The molecule has 1 unspecified atom stereocenters. The van der Waals surface area contributed by atoms with Crippen molar-refractivity contribution in [2.75, 3.05) is 24.6 Å². The summed E-state index contributed by atoms with van der Waals surface area (Å²) in [4.78, 5) is 18.9. The maximum Gasteiger partial charge on any atom is 0.337 e. The first-order valence-corrected chi connectivity index (χ1v) is 14.1. The molecule has 0 spiro atoms. The number of piperidine rings is 1. The van der Waals surface area contributed by atoms with Crippen molar-refractivity contribution in [3.63, 3.8) is 0 Å². The highest BCUT2D eigenvalue weighted by Gasteiger charge is 2.36. The van der Waals surface area contributed by atoms with Gasteiger partial charge in [0.1, 0.15) is 11.0 Å². The number of carboxylic acids is 1. The zero-order valence-corrected chi connectivity index (χ0v) is 24.9. The quantitative estimate of drug-likeness (QED) is 0.257. The molecule has 1 aliphatic rings. The lowest BCUT2D eigenvalue weighted by atomic mass is 9.82. The molecule has 0 radical (unpaired) electrons. The van der Waals surface area contributed by atoms with Crippen molar-refractivity contribution in [3.05, 3.63) is 76.6 Å². The number of aromatic nitrogens is 1. The summed E-state index contributed by atoms with van der Waals surface area (Å²) in [5.41, 5.74) is 2.16. The molecule has 41 heavy (non-hydrogen) atoms. The van der Waals surface area contributed by atoms with Crippen LogP contribution in [0.5, 0.6) is 5.75 Å². The molecule has 9 heteroatoms. The van der Waals surface area contributed by atoms with Crippen LogP contribution in [0.25, 0.3) is 11.1 Å². The molecule has 0 amide bonds. The third-order valence-electron chi connectivity index (χ3n) is 7.24. The summed E-state index contributed by atoms with van der Waals surface area (Å²) < 4.78 is 40.2. The summed E-state index contributed by atoms with van der Waals surface area (Å²) in [5, 5.41) is 10.2. The standard InChI is InChI=1S/C32H37ClF2N2O4/c1-31(2,3)41-28(30(38)39)26-27(37-15-13-32(4,5)14-16-37)23(19-36-29(26)33)21-8-11-25(24(35)18-21)40-17-12-20-6-9-22(34)10-7-20/h6-11,18-19,28H,12-17H2,1-5H3,(H,38,39). The number of carbonyl (C=O) groups is 1. The van der Waals surface area contributed by atoms with Crippen LogP contribution in [0.2, 0.25) is 5.15 Å². The molecule has 220 valence electrons. The van der Waals surface area contributed by atoms with E-state index in [0.29, 0.717) is 36.3 Å². The van der Waals surface area contributed by atoms with E-state index in [2.05, 4.69) is 23.7 Å². The third kappa shape index (κ3) is 7.74. The number of aliphatic carboxylic acids is 1. The van der Waals surface area contributed by atoms with E-state index in [0.717, 1.165) is 18.4 Å². The zero-order chi connectivity index (χ0) is 29.9. The smallest absolute Gasteiger partial charge is 0.337 e.